The summed E-state index contributed by atoms with van der Waals surface area (Å²) < 4.78 is 0. The Kier molecular flexibility index (Phi) is 4.86. The van der Waals surface area contributed by atoms with Gasteiger partial charge in [0.25, 0.3) is 0 Å². The molecule has 0 saturated carbocycles. The first-order chi connectivity index (χ1) is 9.76. The van der Waals surface area contributed by atoms with Gasteiger partial charge in [0.05, 0.1) is 11.3 Å². The third-order valence-electron chi connectivity index (χ3n) is 4.12. The molecule has 0 spiro atoms. The summed E-state index contributed by atoms with van der Waals surface area (Å²) in [5, 5.41) is 9.88. The van der Waals surface area contributed by atoms with Gasteiger partial charge in [-0.05, 0) is 38.8 Å². The number of β-amino-alcohol motifs (C(OH)–C–C–N with tert-alkyl or cyclic N) is 1. The number of aryl methyl sites for hydroxylation is 1. The lowest BCUT2D eigenvalue weighted by molar-refractivity contribution is 0.0165. The summed E-state index contributed by atoms with van der Waals surface area (Å²) in [6.45, 7) is 13.3. The van der Waals surface area contributed by atoms with E-state index in [1.165, 1.54) is 0 Å². The third kappa shape index (κ3) is 4.40. The van der Waals surface area contributed by atoms with Crippen molar-refractivity contribution in [3.63, 3.8) is 0 Å². The number of nitrogens with zero attached hydrogens (tertiary/aromatic N) is 3. The smallest absolute Gasteiger partial charge is 0.0718 e. The molecule has 21 heavy (non-hydrogen) atoms. The fourth-order valence-corrected chi connectivity index (χ4v) is 2.82. The highest BCUT2D eigenvalue weighted by atomic mass is 16.3. The molecule has 0 unspecified atom stereocenters. The van der Waals surface area contributed by atoms with E-state index in [0.717, 1.165) is 61.8 Å². The lowest BCUT2D eigenvalue weighted by Crippen LogP contribution is -2.50. The van der Waals surface area contributed by atoms with Crippen LogP contribution in [0.1, 0.15) is 30.7 Å². The second-order valence-corrected chi connectivity index (χ2v) is 6.79. The van der Waals surface area contributed by atoms with Crippen molar-refractivity contribution in [1.82, 2.24) is 14.8 Å². The van der Waals surface area contributed by atoms with E-state index in [0.29, 0.717) is 0 Å². The number of pyridine rings is 1. The molecule has 2 rings (SSSR count). The van der Waals surface area contributed by atoms with Crippen molar-refractivity contribution in [2.75, 3.05) is 38.5 Å². The largest absolute Gasteiger partial charge is 0.398 e. The molecule has 1 fully saturated rings. The average Bonchev–Trinajstić information content (AvgIpc) is 2.40. The highest BCUT2D eigenvalue weighted by Crippen LogP contribution is 2.20. The van der Waals surface area contributed by atoms with Gasteiger partial charge >= 0.3 is 0 Å². The summed E-state index contributed by atoms with van der Waals surface area (Å²) in [6.07, 6.45) is 1.86. The molecule has 3 N–H and O–H groups in total. The Balaban J connectivity index is 1.91. The van der Waals surface area contributed by atoms with Crippen molar-refractivity contribution in [2.45, 2.75) is 39.8 Å². The molecule has 0 bridgehead atoms. The van der Waals surface area contributed by atoms with Crippen molar-refractivity contribution in [2.24, 2.45) is 0 Å². The molecular formula is C16H28N4O. The first-order valence-electron chi connectivity index (χ1n) is 7.64. The van der Waals surface area contributed by atoms with Gasteiger partial charge in [-0.3, -0.25) is 14.8 Å². The molecule has 0 radical (unpaired) electrons. The number of aliphatic hydroxyl groups is 1. The van der Waals surface area contributed by atoms with E-state index in [-0.39, 0.29) is 0 Å². The summed E-state index contributed by atoms with van der Waals surface area (Å²) in [5.41, 5.74) is 9.56. The van der Waals surface area contributed by atoms with Crippen LogP contribution < -0.4 is 5.73 Å². The van der Waals surface area contributed by atoms with E-state index < -0.39 is 5.60 Å². The zero-order valence-electron chi connectivity index (χ0n) is 13.7. The zero-order valence-corrected chi connectivity index (χ0v) is 13.7. The topological polar surface area (TPSA) is 65.6 Å². The standard InChI is InChI=1S/C16H28N4O/c1-12-9-18-14(13(2)15(12)17)10-19-5-7-20(8-6-19)11-16(3,4)21/h9,21H,5-8,10-11H2,1-4H3,(H2,17,18). The van der Waals surface area contributed by atoms with Crippen LogP contribution in [0.4, 0.5) is 5.69 Å². The van der Waals surface area contributed by atoms with E-state index in [9.17, 15) is 5.11 Å². The Labute approximate surface area is 127 Å². The van der Waals surface area contributed by atoms with Crippen LogP contribution in [0.3, 0.4) is 0 Å². The normalized spacial score (nSPS) is 18.1. The number of hydrogen-bond donors (Lipinski definition) is 2. The number of nitrogen functional groups attached to an aromatic ring is 1. The van der Waals surface area contributed by atoms with Crippen LogP contribution in [0, 0.1) is 13.8 Å². The number of aromatic nitrogens is 1. The quantitative estimate of drug-likeness (QED) is 0.872. The van der Waals surface area contributed by atoms with Crippen LogP contribution in [0.2, 0.25) is 0 Å². The average molecular weight is 292 g/mol. The zero-order chi connectivity index (χ0) is 15.6. The first kappa shape index (κ1) is 16.2. The summed E-state index contributed by atoms with van der Waals surface area (Å²) in [6, 6.07) is 0. The number of hydrogen-bond acceptors (Lipinski definition) is 5. The third-order valence-corrected chi connectivity index (χ3v) is 4.12. The maximum absolute atomic E-state index is 9.88. The van der Waals surface area contributed by atoms with Crippen LogP contribution in [0.25, 0.3) is 0 Å². The number of anilines is 1. The molecule has 0 atom stereocenters. The van der Waals surface area contributed by atoms with Crippen molar-refractivity contribution in [3.8, 4) is 0 Å². The lowest BCUT2D eigenvalue weighted by Gasteiger charge is -2.37. The van der Waals surface area contributed by atoms with Gasteiger partial charge in [0, 0.05) is 51.2 Å². The molecule has 1 aromatic heterocycles. The summed E-state index contributed by atoms with van der Waals surface area (Å²) in [4.78, 5) is 9.26. The predicted molar refractivity (Wildman–Crippen MR) is 86.1 cm³/mol. The van der Waals surface area contributed by atoms with E-state index in [2.05, 4.69) is 21.7 Å². The van der Waals surface area contributed by atoms with Crippen LogP contribution in [0.15, 0.2) is 6.20 Å². The molecule has 1 saturated heterocycles. The predicted octanol–water partition coefficient (Wildman–Crippen LogP) is 1.17. The molecule has 5 heteroatoms. The minimum Gasteiger partial charge on any atom is -0.398 e. The van der Waals surface area contributed by atoms with E-state index in [4.69, 9.17) is 5.73 Å². The Morgan fingerprint density at radius 3 is 2.33 bits per heavy atom. The molecule has 1 aromatic rings. The maximum atomic E-state index is 9.88. The summed E-state index contributed by atoms with van der Waals surface area (Å²) >= 11 is 0. The second-order valence-electron chi connectivity index (χ2n) is 6.79. The van der Waals surface area contributed by atoms with Gasteiger partial charge < -0.3 is 10.8 Å². The van der Waals surface area contributed by atoms with Gasteiger partial charge in [0.1, 0.15) is 0 Å². The molecule has 1 aliphatic rings. The molecule has 0 aliphatic carbocycles. The van der Waals surface area contributed by atoms with Crippen molar-refractivity contribution < 1.29 is 5.11 Å². The van der Waals surface area contributed by atoms with E-state index >= 15 is 0 Å². The fraction of sp³-hybridized carbons (Fsp3) is 0.688. The Hall–Kier alpha value is -1.17. The fourth-order valence-electron chi connectivity index (χ4n) is 2.82. The molecule has 2 heterocycles. The van der Waals surface area contributed by atoms with Crippen molar-refractivity contribution in [3.05, 3.63) is 23.0 Å². The number of rotatable bonds is 4. The molecule has 118 valence electrons. The number of nitrogens with two attached hydrogens (primary N) is 1. The highest BCUT2D eigenvalue weighted by Gasteiger charge is 2.23. The van der Waals surface area contributed by atoms with Crippen molar-refractivity contribution >= 4 is 5.69 Å². The number of piperazine rings is 1. The molecule has 5 nitrogen and oxygen atoms in total. The van der Waals surface area contributed by atoms with Gasteiger partial charge in [-0.25, -0.2) is 0 Å². The summed E-state index contributed by atoms with van der Waals surface area (Å²) in [5.74, 6) is 0. The highest BCUT2D eigenvalue weighted by molar-refractivity contribution is 5.53. The summed E-state index contributed by atoms with van der Waals surface area (Å²) in [7, 11) is 0. The molecule has 1 aliphatic heterocycles. The second kappa shape index (κ2) is 6.30. The van der Waals surface area contributed by atoms with Crippen LogP contribution in [-0.2, 0) is 6.54 Å². The monoisotopic (exact) mass is 292 g/mol. The van der Waals surface area contributed by atoms with Crippen LogP contribution >= 0.6 is 0 Å². The van der Waals surface area contributed by atoms with E-state index in [1.54, 1.807) is 0 Å². The minimum absolute atomic E-state index is 0.619. The first-order valence-corrected chi connectivity index (χ1v) is 7.64. The van der Waals surface area contributed by atoms with Gasteiger partial charge in [-0.1, -0.05) is 0 Å². The minimum atomic E-state index is -0.619. The van der Waals surface area contributed by atoms with Gasteiger partial charge in [0.15, 0.2) is 0 Å². The van der Waals surface area contributed by atoms with Crippen LogP contribution in [0.5, 0.6) is 0 Å². The Morgan fingerprint density at radius 2 is 1.76 bits per heavy atom. The van der Waals surface area contributed by atoms with Gasteiger partial charge in [0.2, 0.25) is 0 Å². The molecule has 0 amide bonds. The van der Waals surface area contributed by atoms with Crippen LogP contribution in [-0.4, -0.2) is 58.2 Å². The van der Waals surface area contributed by atoms with E-state index in [1.807, 2.05) is 27.0 Å². The molecular weight excluding hydrogens is 264 g/mol. The Bertz CT molecular complexity index is 488. The van der Waals surface area contributed by atoms with Crippen molar-refractivity contribution in [1.29, 1.82) is 0 Å². The SMILES string of the molecule is Cc1cnc(CN2CCN(CC(C)(C)O)CC2)c(C)c1N. The lowest BCUT2D eigenvalue weighted by atomic mass is 10.1. The Morgan fingerprint density at radius 1 is 1.19 bits per heavy atom. The van der Waals surface area contributed by atoms with Gasteiger partial charge in [-0.15, -0.1) is 0 Å². The molecule has 0 aromatic carbocycles. The van der Waals surface area contributed by atoms with Gasteiger partial charge in [-0.2, -0.15) is 0 Å². The maximum Gasteiger partial charge on any atom is 0.0718 e.